The van der Waals surface area contributed by atoms with E-state index in [9.17, 15) is 0 Å². The first-order valence-electron chi connectivity index (χ1n) is 7.02. The summed E-state index contributed by atoms with van der Waals surface area (Å²) in [6, 6.07) is 8.38. The van der Waals surface area contributed by atoms with Gasteiger partial charge in [0.05, 0.1) is 11.0 Å². The number of piperidine rings is 1. The van der Waals surface area contributed by atoms with E-state index >= 15 is 0 Å². The number of benzene rings is 1. The van der Waals surface area contributed by atoms with Gasteiger partial charge in [-0.2, -0.15) is 0 Å². The molecule has 19 heavy (non-hydrogen) atoms. The summed E-state index contributed by atoms with van der Waals surface area (Å²) in [6.45, 7) is 2.28. The van der Waals surface area contributed by atoms with Gasteiger partial charge in [0.25, 0.3) is 0 Å². The van der Waals surface area contributed by atoms with Crippen LogP contribution in [0.1, 0.15) is 19.3 Å². The van der Waals surface area contributed by atoms with E-state index in [2.05, 4.69) is 56.7 Å². The quantitative estimate of drug-likeness (QED) is 0.806. The van der Waals surface area contributed by atoms with Crippen LogP contribution in [0.5, 0.6) is 0 Å². The number of anilines is 1. The van der Waals surface area contributed by atoms with Gasteiger partial charge in [-0.1, -0.05) is 28.1 Å². The monoisotopic (exact) mass is 321 g/mol. The van der Waals surface area contributed by atoms with Crippen molar-refractivity contribution in [2.75, 3.05) is 23.3 Å². The van der Waals surface area contributed by atoms with Crippen molar-refractivity contribution in [1.82, 2.24) is 9.55 Å². The van der Waals surface area contributed by atoms with Crippen molar-refractivity contribution in [1.29, 1.82) is 0 Å². The predicted molar refractivity (Wildman–Crippen MR) is 84.1 cm³/mol. The summed E-state index contributed by atoms with van der Waals surface area (Å²) >= 11 is 3.56. The largest absolute Gasteiger partial charge is 0.342 e. The molecular formula is C15H20BrN3. The van der Waals surface area contributed by atoms with Gasteiger partial charge in [-0.25, -0.2) is 4.98 Å². The lowest BCUT2D eigenvalue weighted by molar-refractivity contribution is 0.402. The molecule has 1 fully saturated rings. The van der Waals surface area contributed by atoms with Crippen LogP contribution in [0, 0.1) is 5.92 Å². The Hall–Kier alpha value is -1.03. The fourth-order valence-corrected chi connectivity index (χ4v) is 3.70. The average Bonchev–Trinajstić information content (AvgIpc) is 2.78. The number of alkyl halides is 1. The van der Waals surface area contributed by atoms with Gasteiger partial charge in [-0.3, -0.25) is 0 Å². The van der Waals surface area contributed by atoms with Gasteiger partial charge in [0.1, 0.15) is 0 Å². The predicted octanol–water partition coefficient (Wildman–Crippen LogP) is 3.57. The number of rotatable bonds is 3. The first-order chi connectivity index (χ1) is 9.29. The second-order valence-electron chi connectivity index (χ2n) is 5.39. The van der Waals surface area contributed by atoms with Crippen molar-refractivity contribution in [3.05, 3.63) is 24.3 Å². The van der Waals surface area contributed by atoms with E-state index in [0.717, 1.165) is 35.8 Å². The second kappa shape index (κ2) is 5.53. The molecule has 3 nitrogen and oxygen atoms in total. The number of imidazole rings is 1. The van der Waals surface area contributed by atoms with Crippen molar-refractivity contribution < 1.29 is 0 Å². The highest BCUT2D eigenvalue weighted by Gasteiger charge is 2.22. The number of halogens is 1. The highest BCUT2D eigenvalue weighted by atomic mass is 79.9. The third-order valence-electron chi connectivity index (χ3n) is 4.08. The molecule has 1 unspecified atom stereocenters. The molecule has 1 aliphatic rings. The maximum absolute atomic E-state index is 4.81. The Morgan fingerprint density at radius 3 is 3.00 bits per heavy atom. The van der Waals surface area contributed by atoms with Crippen LogP contribution in [-0.2, 0) is 7.05 Å². The van der Waals surface area contributed by atoms with Gasteiger partial charge in [-0.05, 0) is 37.3 Å². The molecule has 2 heterocycles. The van der Waals surface area contributed by atoms with Gasteiger partial charge in [-0.15, -0.1) is 0 Å². The summed E-state index contributed by atoms with van der Waals surface area (Å²) in [6.07, 6.45) is 3.90. The van der Waals surface area contributed by atoms with Crippen molar-refractivity contribution in [3.63, 3.8) is 0 Å². The van der Waals surface area contributed by atoms with E-state index in [0.29, 0.717) is 0 Å². The number of fused-ring (bicyclic) bond motifs is 1. The topological polar surface area (TPSA) is 21.1 Å². The van der Waals surface area contributed by atoms with Crippen LogP contribution in [0.3, 0.4) is 0 Å². The molecule has 0 amide bonds. The van der Waals surface area contributed by atoms with Crippen LogP contribution in [0.25, 0.3) is 11.0 Å². The Balaban J connectivity index is 1.89. The van der Waals surface area contributed by atoms with Gasteiger partial charge >= 0.3 is 0 Å². The Bertz CT molecular complexity index is 562. The van der Waals surface area contributed by atoms with E-state index in [1.54, 1.807) is 0 Å². The maximum atomic E-state index is 4.81. The summed E-state index contributed by atoms with van der Waals surface area (Å²) in [5.74, 6) is 1.92. The van der Waals surface area contributed by atoms with Gasteiger partial charge in [0, 0.05) is 25.5 Å². The fourth-order valence-electron chi connectivity index (χ4n) is 3.05. The normalized spacial score (nSPS) is 20.1. The summed E-state index contributed by atoms with van der Waals surface area (Å²) in [5.41, 5.74) is 2.32. The molecule has 0 spiro atoms. The summed E-state index contributed by atoms with van der Waals surface area (Å²) in [7, 11) is 2.12. The molecular weight excluding hydrogens is 302 g/mol. The SMILES string of the molecule is Cn1c(N2CCCC(CCBr)C2)nc2ccccc21. The molecule has 4 heteroatoms. The summed E-state index contributed by atoms with van der Waals surface area (Å²) in [5, 5.41) is 1.11. The zero-order valence-corrected chi connectivity index (χ0v) is 12.9. The lowest BCUT2D eigenvalue weighted by Crippen LogP contribution is -2.37. The van der Waals surface area contributed by atoms with Crippen LogP contribution in [0.15, 0.2) is 24.3 Å². The molecule has 0 bridgehead atoms. The Morgan fingerprint density at radius 1 is 1.37 bits per heavy atom. The van der Waals surface area contributed by atoms with E-state index < -0.39 is 0 Å². The van der Waals surface area contributed by atoms with Gasteiger partial charge in [0.15, 0.2) is 0 Å². The molecule has 1 aromatic heterocycles. The molecule has 0 aliphatic carbocycles. The van der Waals surface area contributed by atoms with Crippen LogP contribution >= 0.6 is 15.9 Å². The van der Waals surface area contributed by atoms with Gasteiger partial charge in [0.2, 0.25) is 5.95 Å². The first kappa shape index (κ1) is 13.0. The van der Waals surface area contributed by atoms with Gasteiger partial charge < -0.3 is 9.47 Å². The highest BCUT2D eigenvalue weighted by molar-refractivity contribution is 9.09. The minimum Gasteiger partial charge on any atom is -0.342 e. The summed E-state index contributed by atoms with van der Waals surface area (Å²) < 4.78 is 2.23. The molecule has 1 atom stereocenters. The van der Waals surface area contributed by atoms with Crippen molar-refractivity contribution in [3.8, 4) is 0 Å². The number of nitrogens with zero attached hydrogens (tertiary/aromatic N) is 3. The number of hydrogen-bond acceptors (Lipinski definition) is 2. The molecule has 102 valence electrons. The Labute approximate surface area is 122 Å². The smallest absolute Gasteiger partial charge is 0.206 e. The third-order valence-corrected chi connectivity index (χ3v) is 4.54. The molecule has 2 aromatic rings. The molecule has 0 N–H and O–H groups in total. The Kier molecular flexibility index (Phi) is 3.78. The van der Waals surface area contributed by atoms with Crippen LogP contribution in [-0.4, -0.2) is 28.0 Å². The van der Waals surface area contributed by atoms with Crippen LogP contribution < -0.4 is 4.90 Å². The highest BCUT2D eigenvalue weighted by Crippen LogP contribution is 2.27. The molecule has 1 aliphatic heterocycles. The standard InChI is InChI=1S/C15H20BrN3/c1-18-14-7-3-2-6-13(14)17-15(18)19-10-4-5-12(11-19)8-9-16/h2-3,6-7,12H,4-5,8-11H2,1H3. The van der Waals surface area contributed by atoms with Crippen molar-refractivity contribution >= 4 is 32.9 Å². The van der Waals surface area contributed by atoms with Crippen LogP contribution in [0.2, 0.25) is 0 Å². The molecule has 1 aromatic carbocycles. The molecule has 3 rings (SSSR count). The lowest BCUT2D eigenvalue weighted by atomic mass is 9.96. The molecule has 1 saturated heterocycles. The van der Waals surface area contributed by atoms with E-state index in [1.165, 1.54) is 24.8 Å². The second-order valence-corrected chi connectivity index (χ2v) is 6.18. The summed E-state index contributed by atoms with van der Waals surface area (Å²) in [4.78, 5) is 7.26. The maximum Gasteiger partial charge on any atom is 0.206 e. The first-order valence-corrected chi connectivity index (χ1v) is 8.14. The zero-order valence-electron chi connectivity index (χ0n) is 11.3. The van der Waals surface area contributed by atoms with E-state index in [4.69, 9.17) is 4.98 Å². The lowest BCUT2D eigenvalue weighted by Gasteiger charge is -2.33. The number of hydrogen-bond donors (Lipinski definition) is 0. The number of para-hydroxylation sites is 2. The molecule has 0 saturated carbocycles. The van der Waals surface area contributed by atoms with Crippen molar-refractivity contribution in [2.24, 2.45) is 13.0 Å². The van der Waals surface area contributed by atoms with E-state index in [-0.39, 0.29) is 0 Å². The molecule has 0 radical (unpaired) electrons. The third kappa shape index (κ3) is 2.50. The number of aromatic nitrogens is 2. The van der Waals surface area contributed by atoms with Crippen molar-refractivity contribution in [2.45, 2.75) is 19.3 Å². The number of aryl methyl sites for hydroxylation is 1. The average molecular weight is 322 g/mol. The van der Waals surface area contributed by atoms with Crippen LogP contribution in [0.4, 0.5) is 5.95 Å². The van der Waals surface area contributed by atoms with E-state index in [1.807, 2.05) is 0 Å². The minimum absolute atomic E-state index is 0.799. The fraction of sp³-hybridized carbons (Fsp3) is 0.533. The zero-order chi connectivity index (χ0) is 13.2. The Morgan fingerprint density at radius 2 is 2.21 bits per heavy atom. The minimum atomic E-state index is 0.799.